The summed E-state index contributed by atoms with van der Waals surface area (Å²) in [7, 11) is 0. The van der Waals surface area contributed by atoms with Crippen LogP contribution >= 0.6 is 0 Å². The lowest BCUT2D eigenvalue weighted by Gasteiger charge is -2.18. The summed E-state index contributed by atoms with van der Waals surface area (Å²) in [5.74, 6) is -0.597. The minimum Gasteiger partial charge on any atom is -0.457 e. The molecular weight excluding hydrogens is 376 g/mol. The van der Waals surface area contributed by atoms with Crippen molar-refractivity contribution in [2.45, 2.75) is 66.1 Å². The smallest absolute Gasteiger partial charge is 0.330 e. The summed E-state index contributed by atoms with van der Waals surface area (Å²) in [5, 5.41) is 0. The number of fused-ring (bicyclic) bond motifs is 1. The highest BCUT2D eigenvalue weighted by molar-refractivity contribution is 5.83. The lowest BCUT2D eigenvalue weighted by molar-refractivity contribution is -0.154. The van der Waals surface area contributed by atoms with Crippen molar-refractivity contribution in [3.63, 3.8) is 0 Å². The molecule has 4 heteroatoms. The number of ether oxygens (including phenoxy) is 2. The maximum Gasteiger partial charge on any atom is 0.330 e. The molecule has 1 saturated carbocycles. The molecular formula is C26H34O4. The fraction of sp³-hybridized carbons (Fsp3) is 0.538. The van der Waals surface area contributed by atoms with Crippen LogP contribution in [0.15, 0.2) is 43.0 Å². The van der Waals surface area contributed by atoms with Crippen LogP contribution in [-0.2, 0) is 31.9 Å². The Labute approximate surface area is 180 Å². The van der Waals surface area contributed by atoms with E-state index in [0.717, 1.165) is 18.4 Å². The van der Waals surface area contributed by atoms with Crippen molar-refractivity contribution in [2.75, 3.05) is 0 Å². The van der Waals surface area contributed by atoms with Gasteiger partial charge < -0.3 is 9.47 Å². The Morgan fingerprint density at radius 3 is 2.60 bits per heavy atom. The molecule has 1 aromatic carbocycles. The van der Waals surface area contributed by atoms with Crippen LogP contribution in [0.25, 0.3) is 0 Å². The van der Waals surface area contributed by atoms with Crippen molar-refractivity contribution < 1.29 is 19.1 Å². The van der Waals surface area contributed by atoms with Gasteiger partial charge in [-0.15, -0.1) is 6.58 Å². The van der Waals surface area contributed by atoms with E-state index in [0.29, 0.717) is 0 Å². The summed E-state index contributed by atoms with van der Waals surface area (Å²) in [5.41, 5.74) is 2.91. The first-order valence-corrected chi connectivity index (χ1v) is 10.8. The first-order valence-electron chi connectivity index (χ1n) is 10.8. The van der Waals surface area contributed by atoms with Crippen LogP contribution in [0, 0.1) is 23.2 Å². The van der Waals surface area contributed by atoms with E-state index >= 15 is 0 Å². The second-order valence-corrected chi connectivity index (χ2v) is 10.2. The number of carbonyl (C=O) groups is 2. The van der Waals surface area contributed by atoms with E-state index in [1.807, 2.05) is 46.8 Å². The molecule has 0 N–H and O–H groups in total. The number of carbonyl (C=O) groups excluding carboxylic acids is 2. The first-order chi connectivity index (χ1) is 14.0. The second kappa shape index (κ2) is 8.05. The summed E-state index contributed by atoms with van der Waals surface area (Å²) >= 11 is 0. The maximum absolute atomic E-state index is 13.0. The predicted molar refractivity (Wildman–Crippen MR) is 118 cm³/mol. The van der Waals surface area contributed by atoms with Gasteiger partial charge in [-0.25, -0.2) is 4.79 Å². The first kappa shape index (κ1) is 22.3. The molecule has 0 bridgehead atoms. The average Bonchev–Trinajstić information content (AvgIpc) is 3.03. The molecule has 0 saturated heterocycles. The van der Waals surface area contributed by atoms with Crippen molar-refractivity contribution in [3.8, 4) is 0 Å². The molecule has 1 fully saturated rings. The Morgan fingerprint density at radius 1 is 1.27 bits per heavy atom. The fourth-order valence-electron chi connectivity index (χ4n) is 4.64. The molecule has 0 heterocycles. The van der Waals surface area contributed by atoms with Crippen LogP contribution in [0.2, 0.25) is 0 Å². The molecule has 162 valence electrons. The molecule has 0 spiro atoms. The lowest BCUT2D eigenvalue weighted by Crippen LogP contribution is -2.22. The van der Waals surface area contributed by atoms with Crippen LogP contribution in [0.1, 0.15) is 64.3 Å². The van der Waals surface area contributed by atoms with Crippen LogP contribution in [0.3, 0.4) is 0 Å². The Morgan fingerprint density at radius 2 is 1.97 bits per heavy atom. The third-order valence-electron chi connectivity index (χ3n) is 6.28. The van der Waals surface area contributed by atoms with Gasteiger partial charge in [-0.1, -0.05) is 51.1 Å². The topological polar surface area (TPSA) is 52.6 Å². The van der Waals surface area contributed by atoms with Crippen LogP contribution in [0.4, 0.5) is 0 Å². The van der Waals surface area contributed by atoms with Crippen molar-refractivity contribution >= 4 is 11.9 Å². The van der Waals surface area contributed by atoms with E-state index < -0.39 is 5.60 Å². The van der Waals surface area contributed by atoms with E-state index in [4.69, 9.17) is 9.47 Å². The summed E-state index contributed by atoms with van der Waals surface area (Å²) in [4.78, 5) is 25.0. The largest absolute Gasteiger partial charge is 0.457 e. The Bertz CT molecular complexity index is 872. The Hall–Kier alpha value is -2.36. The van der Waals surface area contributed by atoms with Crippen molar-refractivity contribution in [1.82, 2.24) is 0 Å². The zero-order valence-corrected chi connectivity index (χ0v) is 19.0. The van der Waals surface area contributed by atoms with Gasteiger partial charge >= 0.3 is 11.9 Å². The monoisotopic (exact) mass is 410 g/mol. The van der Waals surface area contributed by atoms with Gasteiger partial charge in [0.25, 0.3) is 0 Å². The Kier molecular flexibility index (Phi) is 5.99. The van der Waals surface area contributed by atoms with E-state index in [2.05, 4.69) is 25.6 Å². The number of allylic oxidation sites excluding steroid dienone is 2. The highest BCUT2D eigenvalue weighted by Crippen LogP contribution is 2.60. The van der Waals surface area contributed by atoms with Gasteiger partial charge in [0.15, 0.2) is 0 Å². The van der Waals surface area contributed by atoms with E-state index in [1.165, 1.54) is 17.2 Å². The number of hydrogen-bond acceptors (Lipinski definition) is 4. The number of benzene rings is 1. The minimum absolute atomic E-state index is 0.0270. The molecule has 0 radical (unpaired) electrons. The van der Waals surface area contributed by atoms with Gasteiger partial charge in [0.1, 0.15) is 11.7 Å². The zero-order valence-electron chi connectivity index (χ0n) is 19.0. The minimum atomic E-state index is -0.532. The second-order valence-electron chi connectivity index (χ2n) is 10.2. The summed E-state index contributed by atoms with van der Waals surface area (Å²) in [6.45, 7) is 15.6. The summed E-state index contributed by atoms with van der Waals surface area (Å²) in [6, 6.07) is 6.23. The molecule has 0 aliphatic heterocycles. The molecule has 2 unspecified atom stereocenters. The van der Waals surface area contributed by atoms with E-state index in [-0.39, 0.29) is 41.2 Å². The van der Waals surface area contributed by atoms with Crippen LogP contribution in [0.5, 0.6) is 0 Å². The van der Waals surface area contributed by atoms with Gasteiger partial charge in [-0.2, -0.15) is 0 Å². The molecule has 4 nitrogen and oxygen atoms in total. The van der Waals surface area contributed by atoms with Crippen molar-refractivity contribution in [3.05, 3.63) is 59.7 Å². The van der Waals surface area contributed by atoms with Gasteiger partial charge in [0, 0.05) is 12.0 Å². The molecule has 1 aromatic rings. The molecule has 4 atom stereocenters. The summed E-state index contributed by atoms with van der Waals surface area (Å²) in [6.07, 6.45) is 6.67. The summed E-state index contributed by atoms with van der Waals surface area (Å²) < 4.78 is 11.4. The van der Waals surface area contributed by atoms with Gasteiger partial charge in [0.05, 0.1) is 5.92 Å². The fourth-order valence-corrected chi connectivity index (χ4v) is 4.64. The normalized spacial score (nSPS) is 26.9. The third kappa shape index (κ3) is 4.53. The standard InChI is InChI=1S/C26H34O4/c1-8-10-17-11-9-12-18-19(17)15-16(2)23(18)29-24(28)22-20(26(22,6)7)13-14-21(27)30-25(3,4)5/h8-9,11-14,16,20,22-23H,1,10,15H2,2-7H3/b14-13-/t16?,20-,22-,23?/m0/s1. The molecule has 0 amide bonds. The predicted octanol–water partition coefficient (Wildman–Crippen LogP) is 5.36. The highest BCUT2D eigenvalue weighted by Gasteiger charge is 2.61. The number of esters is 2. The van der Waals surface area contributed by atoms with E-state index in [1.54, 1.807) is 6.08 Å². The van der Waals surface area contributed by atoms with Gasteiger partial charge in [-0.3, -0.25) is 4.79 Å². The third-order valence-corrected chi connectivity index (χ3v) is 6.28. The van der Waals surface area contributed by atoms with Crippen molar-refractivity contribution in [1.29, 1.82) is 0 Å². The zero-order chi connectivity index (χ0) is 22.3. The highest BCUT2D eigenvalue weighted by atomic mass is 16.6. The molecule has 3 rings (SSSR count). The number of hydrogen-bond donors (Lipinski definition) is 0. The Balaban J connectivity index is 1.69. The van der Waals surface area contributed by atoms with E-state index in [9.17, 15) is 9.59 Å². The van der Waals surface area contributed by atoms with Crippen molar-refractivity contribution in [2.24, 2.45) is 23.2 Å². The van der Waals surface area contributed by atoms with Gasteiger partial charge in [0.2, 0.25) is 0 Å². The maximum atomic E-state index is 13.0. The SMILES string of the molecule is C=CCc1cccc2c1CC(C)C2OC(=O)[C@@H]1[C@H](/C=C\C(=O)OC(C)(C)C)C1(C)C. The molecule has 0 aromatic heterocycles. The number of rotatable bonds is 6. The van der Waals surface area contributed by atoms with Crippen LogP contribution in [-0.4, -0.2) is 17.5 Å². The van der Waals surface area contributed by atoms with Gasteiger partial charge in [-0.05, 0) is 61.6 Å². The lowest BCUT2D eigenvalue weighted by atomic mass is 10.0. The van der Waals surface area contributed by atoms with Crippen LogP contribution < -0.4 is 0 Å². The average molecular weight is 411 g/mol. The quantitative estimate of drug-likeness (QED) is 0.360. The molecule has 30 heavy (non-hydrogen) atoms. The molecule has 2 aliphatic rings. The molecule has 2 aliphatic carbocycles.